The largest absolute Gasteiger partial charge is 0.293 e. The number of hydrogen-bond acceptors (Lipinski definition) is 1. The van der Waals surface area contributed by atoms with Gasteiger partial charge in [-0.15, -0.1) is 0 Å². The summed E-state index contributed by atoms with van der Waals surface area (Å²) in [5.41, 5.74) is 1.13. The van der Waals surface area contributed by atoms with Crippen LogP contribution in [-0.2, 0) is 0 Å². The van der Waals surface area contributed by atoms with Crippen LogP contribution in [0.1, 0.15) is 63.9 Å². The van der Waals surface area contributed by atoms with Gasteiger partial charge in [-0.1, -0.05) is 75.6 Å². The van der Waals surface area contributed by atoms with Crippen LogP contribution >= 0.6 is 11.6 Å². The van der Waals surface area contributed by atoms with Gasteiger partial charge in [-0.3, -0.25) is 4.99 Å². The molecule has 0 aromatic heterocycles. The first-order valence-electron chi connectivity index (χ1n) is 7.58. The van der Waals surface area contributed by atoms with Crippen molar-refractivity contribution in [2.24, 2.45) is 4.99 Å². The molecule has 0 saturated carbocycles. The highest BCUT2D eigenvalue weighted by Gasteiger charge is 1.91. The van der Waals surface area contributed by atoms with E-state index in [9.17, 15) is 0 Å². The van der Waals surface area contributed by atoms with Gasteiger partial charge in [0.2, 0.25) is 0 Å². The van der Waals surface area contributed by atoms with E-state index < -0.39 is 0 Å². The fraction of sp³-hybridized carbons (Fsp3) is 0.588. The Bertz CT molecular complexity index is 343. The summed E-state index contributed by atoms with van der Waals surface area (Å²) in [5, 5.41) is 0.778. The summed E-state index contributed by atoms with van der Waals surface area (Å²) in [4.78, 5) is 4.45. The summed E-state index contributed by atoms with van der Waals surface area (Å²) in [7, 11) is 0. The zero-order chi connectivity index (χ0) is 13.8. The molecule has 2 heteroatoms. The molecule has 0 spiro atoms. The van der Waals surface area contributed by atoms with Crippen molar-refractivity contribution in [3.05, 3.63) is 34.9 Å². The van der Waals surface area contributed by atoms with Crippen molar-refractivity contribution in [3.8, 4) is 0 Å². The first-order valence-corrected chi connectivity index (χ1v) is 7.96. The van der Waals surface area contributed by atoms with Gasteiger partial charge in [0, 0.05) is 17.8 Å². The van der Waals surface area contributed by atoms with Crippen LogP contribution in [0.4, 0.5) is 0 Å². The smallest absolute Gasteiger partial charge is 0.0406 e. The molecule has 106 valence electrons. The van der Waals surface area contributed by atoms with Gasteiger partial charge in [-0.2, -0.15) is 0 Å². The molecule has 0 unspecified atom stereocenters. The molecule has 1 nitrogen and oxygen atoms in total. The van der Waals surface area contributed by atoms with Gasteiger partial charge < -0.3 is 0 Å². The fourth-order valence-corrected chi connectivity index (χ4v) is 2.18. The van der Waals surface area contributed by atoms with Gasteiger partial charge in [0.1, 0.15) is 0 Å². The molecule has 0 aliphatic carbocycles. The normalized spacial score (nSPS) is 11.3. The van der Waals surface area contributed by atoms with Gasteiger partial charge in [0.05, 0.1) is 0 Å². The van der Waals surface area contributed by atoms with E-state index in [2.05, 4.69) is 11.9 Å². The second-order valence-electron chi connectivity index (χ2n) is 5.06. The van der Waals surface area contributed by atoms with E-state index in [4.69, 9.17) is 11.6 Å². The maximum atomic E-state index is 5.83. The highest BCUT2D eigenvalue weighted by molar-refractivity contribution is 6.30. The molecular weight excluding hydrogens is 254 g/mol. The molecule has 0 aliphatic heterocycles. The summed E-state index contributed by atoms with van der Waals surface area (Å²) in [6.45, 7) is 3.20. The van der Waals surface area contributed by atoms with Crippen LogP contribution in [0.2, 0.25) is 5.02 Å². The topological polar surface area (TPSA) is 12.4 Å². The van der Waals surface area contributed by atoms with E-state index in [0.29, 0.717) is 0 Å². The Morgan fingerprint density at radius 3 is 2.11 bits per heavy atom. The van der Waals surface area contributed by atoms with E-state index in [1.165, 1.54) is 51.4 Å². The minimum Gasteiger partial charge on any atom is -0.293 e. The zero-order valence-electron chi connectivity index (χ0n) is 12.1. The van der Waals surface area contributed by atoms with E-state index in [1.54, 1.807) is 0 Å². The van der Waals surface area contributed by atoms with Crippen molar-refractivity contribution in [2.75, 3.05) is 6.54 Å². The van der Waals surface area contributed by atoms with Crippen LogP contribution < -0.4 is 0 Å². The van der Waals surface area contributed by atoms with Crippen LogP contribution in [-0.4, -0.2) is 12.8 Å². The average molecular weight is 280 g/mol. The Labute approximate surface area is 123 Å². The SMILES string of the molecule is CCCCCCCCCCN=Cc1ccc(Cl)cc1. The summed E-state index contributed by atoms with van der Waals surface area (Å²) < 4.78 is 0. The number of benzene rings is 1. The Morgan fingerprint density at radius 2 is 1.47 bits per heavy atom. The first-order chi connectivity index (χ1) is 9.33. The summed E-state index contributed by atoms with van der Waals surface area (Å²) in [5.74, 6) is 0. The number of unbranched alkanes of at least 4 members (excludes halogenated alkanes) is 7. The predicted molar refractivity (Wildman–Crippen MR) is 86.5 cm³/mol. The number of hydrogen-bond donors (Lipinski definition) is 0. The third-order valence-electron chi connectivity index (χ3n) is 3.25. The molecule has 1 rings (SSSR count). The number of nitrogens with zero attached hydrogens (tertiary/aromatic N) is 1. The van der Waals surface area contributed by atoms with Crippen LogP contribution in [0.15, 0.2) is 29.3 Å². The molecule has 1 aromatic carbocycles. The van der Waals surface area contributed by atoms with Gasteiger partial charge >= 0.3 is 0 Å². The van der Waals surface area contributed by atoms with Crippen molar-refractivity contribution < 1.29 is 0 Å². The van der Waals surface area contributed by atoms with Crippen LogP contribution in [0.3, 0.4) is 0 Å². The lowest BCUT2D eigenvalue weighted by Gasteiger charge is -1.99. The summed E-state index contributed by atoms with van der Waals surface area (Å²) in [6.07, 6.45) is 12.7. The zero-order valence-corrected chi connectivity index (χ0v) is 12.8. The second-order valence-corrected chi connectivity index (χ2v) is 5.50. The minimum absolute atomic E-state index is 0.778. The Balaban J connectivity index is 1.97. The number of rotatable bonds is 10. The highest BCUT2D eigenvalue weighted by atomic mass is 35.5. The van der Waals surface area contributed by atoms with Gasteiger partial charge in [0.15, 0.2) is 0 Å². The Hall–Kier alpha value is -0.820. The summed E-state index contributed by atoms with van der Waals surface area (Å²) >= 11 is 5.83. The standard InChI is InChI=1S/C17H26ClN/c1-2-3-4-5-6-7-8-9-14-19-15-16-10-12-17(18)13-11-16/h10-13,15H,2-9,14H2,1H3. The monoisotopic (exact) mass is 279 g/mol. The molecule has 0 atom stereocenters. The van der Waals surface area contributed by atoms with Gasteiger partial charge in [-0.25, -0.2) is 0 Å². The third-order valence-corrected chi connectivity index (χ3v) is 3.50. The maximum absolute atomic E-state index is 5.83. The van der Waals surface area contributed by atoms with Crippen LogP contribution in [0, 0.1) is 0 Å². The maximum Gasteiger partial charge on any atom is 0.0406 e. The van der Waals surface area contributed by atoms with Crippen molar-refractivity contribution in [3.63, 3.8) is 0 Å². The molecule has 0 N–H and O–H groups in total. The molecule has 0 saturated heterocycles. The van der Waals surface area contributed by atoms with E-state index in [1.807, 2.05) is 30.5 Å². The van der Waals surface area contributed by atoms with Gasteiger partial charge in [-0.05, 0) is 24.1 Å². The average Bonchev–Trinajstić information content (AvgIpc) is 2.43. The number of halogens is 1. The lowest BCUT2D eigenvalue weighted by Crippen LogP contribution is -1.86. The number of aliphatic imine (C=N–C) groups is 1. The van der Waals surface area contributed by atoms with E-state index in [0.717, 1.165) is 17.1 Å². The highest BCUT2D eigenvalue weighted by Crippen LogP contribution is 2.09. The first kappa shape index (κ1) is 16.2. The fourth-order valence-electron chi connectivity index (χ4n) is 2.06. The van der Waals surface area contributed by atoms with Crippen LogP contribution in [0.5, 0.6) is 0 Å². The molecule has 0 amide bonds. The predicted octanol–water partition coefficient (Wildman–Crippen LogP) is 5.90. The lowest BCUT2D eigenvalue weighted by molar-refractivity contribution is 0.578. The van der Waals surface area contributed by atoms with Crippen molar-refractivity contribution in [1.82, 2.24) is 0 Å². The Morgan fingerprint density at radius 1 is 0.895 bits per heavy atom. The van der Waals surface area contributed by atoms with E-state index >= 15 is 0 Å². The molecular formula is C17H26ClN. The van der Waals surface area contributed by atoms with Gasteiger partial charge in [0.25, 0.3) is 0 Å². The quantitative estimate of drug-likeness (QED) is 0.373. The Kier molecular flexibility index (Phi) is 9.44. The molecule has 0 radical (unpaired) electrons. The van der Waals surface area contributed by atoms with Crippen molar-refractivity contribution in [2.45, 2.75) is 58.3 Å². The minimum atomic E-state index is 0.778. The molecule has 0 heterocycles. The molecule has 0 bridgehead atoms. The van der Waals surface area contributed by atoms with E-state index in [-0.39, 0.29) is 0 Å². The molecule has 1 aromatic rings. The second kappa shape index (κ2) is 11.0. The lowest BCUT2D eigenvalue weighted by atomic mass is 10.1. The van der Waals surface area contributed by atoms with Crippen molar-refractivity contribution >= 4 is 17.8 Å². The summed E-state index contributed by atoms with van der Waals surface area (Å²) in [6, 6.07) is 7.80. The van der Waals surface area contributed by atoms with Crippen molar-refractivity contribution in [1.29, 1.82) is 0 Å². The molecule has 0 fully saturated rings. The van der Waals surface area contributed by atoms with Crippen LogP contribution in [0.25, 0.3) is 0 Å². The molecule has 19 heavy (non-hydrogen) atoms. The molecule has 0 aliphatic rings. The third kappa shape index (κ3) is 8.83.